The summed E-state index contributed by atoms with van der Waals surface area (Å²) in [5, 5.41) is 3.50. The van der Waals surface area contributed by atoms with Crippen LogP contribution in [0.2, 0.25) is 0 Å². The Morgan fingerprint density at radius 1 is 1.16 bits per heavy atom. The smallest absolute Gasteiger partial charge is 0.340 e. The first-order valence-electron chi connectivity index (χ1n) is 6.01. The van der Waals surface area contributed by atoms with Crippen molar-refractivity contribution >= 4 is 11.7 Å². The van der Waals surface area contributed by atoms with Gasteiger partial charge in [0.1, 0.15) is 5.69 Å². The number of nitrogens with one attached hydrogen (secondary N) is 1. The molecule has 0 unspecified atom stereocenters. The number of rotatable bonds is 4. The van der Waals surface area contributed by atoms with Gasteiger partial charge in [-0.05, 0) is 18.6 Å². The number of carbonyl (C=O) groups excluding carboxylic acids is 1. The van der Waals surface area contributed by atoms with Crippen molar-refractivity contribution in [3.05, 3.63) is 54.1 Å². The highest BCUT2D eigenvalue weighted by Gasteiger charge is 2.16. The first kappa shape index (κ1) is 13.0. The van der Waals surface area contributed by atoms with Crippen LogP contribution in [0.5, 0.6) is 0 Å². The summed E-state index contributed by atoms with van der Waals surface area (Å²) in [7, 11) is 0. The topological polar surface area (TPSA) is 62.5 Å². The highest BCUT2D eigenvalue weighted by molar-refractivity contribution is 5.99. The Balaban J connectivity index is 2.55. The first-order valence-corrected chi connectivity index (χ1v) is 6.01. The number of ether oxygens (including phenoxy) is 1. The third kappa shape index (κ3) is 2.68. The Kier molecular flexibility index (Phi) is 4.03. The molecule has 4 nitrogen and oxygen atoms in total. The molecule has 0 radical (unpaired) electrons. The predicted molar refractivity (Wildman–Crippen MR) is 72.6 cm³/mol. The molecule has 0 atom stereocenters. The molecule has 0 saturated carbocycles. The van der Waals surface area contributed by atoms with Crippen LogP contribution in [0, 0.1) is 5.53 Å². The maximum Gasteiger partial charge on any atom is 0.340 e. The van der Waals surface area contributed by atoms with Crippen molar-refractivity contribution in [1.29, 1.82) is 5.53 Å². The van der Waals surface area contributed by atoms with Crippen molar-refractivity contribution in [1.82, 2.24) is 0 Å². The third-order valence-electron chi connectivity index (χ3n) is 2.73. The summed E-state index contributed by atoms with van der Waals surface area (Å²) in [6.07, 6.45) is 0. The molecule has 19 heavy (non-hydrogen) atoms. The number of esters is 1. The van der Waals surface area contributed by atoms with Crippen molar-refractivity contribution in [2.75, 3.05) is 6.61 Å². The van der Waals surface area contributed by atoms with E-state index < -0.39 is 5.97 Å². The van der Waals surface area contributed by atoms with E-state index in [-0.39, 0.29) is 0 Å². The molecule has 2 aromatic rings. The minimum Gasteiger partial charge on any atom is -0.462 e. The van der Waals surface area contributed by atoms with Gasteiger partial charge in [0.25, 0.3) is 0 Å². The minimum atomic E-state index is -0.453. The number of carbonyl (C=O) groups is 1. The maximum atomic E-state index is 11.8. The van der Waals surface area contributed by atoms with Gasteiger partial charge in [0.2, 0.25) is 0 Å². The van der Waals surface area contributed by atoms with Crippen LogP contribution < -0.4 is 0 Å². The van der Waals surface area contributed by atoms with Crippen LogP contribution in [0.1, 0.15) is 17.3 Å². The molecular weight excluding hydrogens is 240 g/mol. The molecule has 0 aliphatic rings. The zero-order valence-electron chi connectivity index (χ0n) is 10.6. The second-order valence-corrected chi connectivity index (χ2v) is 3.90. The van der Waals surface area contributed by atoms with Crippen molar-refractivity contribution in [2.45, 2.75) is 6.92 Å². The number of benzene rings is 2. The van der Waals surface area contributed by atoms with Crippen LogP contribution in [-0.4, -0.2) is 12.6 Å². The summed E-state index contributed by atoms with van der Waals surface area (Å²) < 4.78 is 4.98. The zero-order chi connectivity index (χ0) is 13.7. The molecule has 2 rings (SSSR count). The Morgan fingerprint density at radius 2 is 1.89 bits per heavy atom. The van der Waals surface area contributed by atoms with Crippen LogP contribution >= 0.6 is 0 Å². The van der Waals surface area contributed by atoms with Gasteiger partial charge in [0.15, 0.2) is 0 Å². The van der Waals surface area contributed by atoms with E-state index in [0.29, 0.717) is 17.9 Å². The van der Waals surface area contributed by atoms with Crippen molar-refractivity contribution in [3.8, 4) is 11.1 Å². The van der Waals surface area contributed by atoms with Crippen LogP contribution in [0.15, 0.2) is 53.6 Å². The van der Waals surface area contributed by atoms with Crippen molar-refractivity contribution in [2.24, 2.45) is 5.11 Å². The zero-order valence-corrected chi connectivity index (χ0v) is 10.6. The van der Waals surface area contributed by atoms with Gasteiger partial charge in [-0.2, -0.15) is 5.11 Å². The highest BCUT2D eigenvalue weighted by atomic mass is 16.5. The van der Waals surface area contributed by atoms with Gasteiger partial charge in [-0.15, -0.1) is 0 Å². The molecule has 0 amide bonds. The first-order chi connectivity index (χ1) is 9.27. The van der Waals surface area contributed by atoms with E-state index in [1.54, 1.807) is 19.1 Å². The normalized spacial score (nSPS) is 9.95. The van der Waals surface area contributed by atoms with E-state index in [0.717, 1.165) is 11.1 Å². The molecule has 0 spiro atoms. The Morgan fingerprint density at radius 3 is 2.53 bits per heavy atom. The Hall–Kier alpha value is -2.49. The molecule has 1 N–H and O–H groups in total. The van der Waals surface area contributed by atoms with Crippen molar-refractivity contribution < 1.29 is 9.53 Å². The average molecular weight is 254 g/mol. The molecule has 0 aliphatic carbocycles. The summed E-state index contributed by atoms with van der Waals surface area (Å²) in [4.78, 5) is 11.8. The van der Waals surface area contributed by atoms with Crippen LogP contribution in [0.3, 0.4) is 0 Å². The molecule has 0 aromatic heterocycles. The molecule has 0 bridgehead atoms. The molecule has 0 heterocycles. The number of hydrogen-bond donors (Lipinski definition) is 1. The minimum absolute atomic E-state index is 0.297. The van der Waals surface area contributed by atoms with E-state index in [4.69, 9.17) is 10.3 Å². The molecule has 96 valence electrons. The number of para-hydroxylation sites is 1. The number of nitrogens with zero attached hydrogens (tertiary/aromatic N) is 1. The van der Waals surface area contributed by atoms with Gasteiger partial charge >= 0.3 is 5.97 Å². The predicted octanol–water partition coefficient (Wildman–Crippen LogP) is 4.19. The second-order valence-electron chi connectivity index (χ2n) is 3.90. The van der Waals surface area contributed by atoms with Gasteiger partial charge in [0.05, 0.1) is 12.2 Å². The fraction of sp³-hybridized carbons (Fsp3) is 0.133. The highest BCUT2D eigenvalue weighted by Crippen LogP contribution is 2.33. The summed E-state index contributed by atoms with van der Waals surface area (Å²) in [6, 6.07) is 14.8. The lowest BCUT2D eigenvalue weighted by atomic mass is 10.0. The monoisotopic (exact) mass is 254 g/mol. The molecule has 2 aromatic carbocycles. The van der Waals surface area contributed by atoms with Gasteiger partial charge in [-0.1, -0.05) is 42.5 Å². The van der Waals surface area contributed by atoms with Gasteiger partial charge < -0.3 is 4.74 Å². The maximum absolute atomic E-state index is 11.8. The third-order valence-corrected chi connectivity index (χ3v) is 2.73. The van der Waals surface area contributed by atoms with Gasteiger partial charge in [0, 0.05) is 5.56 Å². The lowest BCUT2D eigenvalue weighted by molar-refractivity contribution is 0.0527. The van der Waals surface area contributed by atoms with E-state index in [1.165, 1.54) is 0 Å². The van der Waals surface area contributed by atoms with Crippen LogP contribution in [0.4, 0.5) is 5.69 Å². The van der Waals surface area contributed by atoms with Crippen LogP contribution in [-0.2, 0) is 4.74 Å². The standard InChI is InChI=1S/C15H14N2O2/c1-2-19-15(18)13-10-6-9-12(14(13)17-16)11-7-4-3-5-8-11/h3-10,16H,2H2,1H3. The van der Waals surface area contributed by atoms with Gasteiger partial charge in [-0.3, -0.25) is 0 Å². The number of hydrogen-bond acceptors (Lipinski definition) is 4. The van der Waals surface area contributed by atoms with E-state index >= 15 is 0 Å². The molecule has 0 saturated heterocycles. The van der Waals surface area contributed by atoms with E-state index in [2.05, 4.69) is 5.11 Å². The van der Waals surface area contributed by atoms with E-state index in [1.807, 2.05) is 36.4 Å². The summed E-state index contributed by atoms with van der Waals surface area (Å²) in [5.41, 5.74) is 9.64. The Labute approximate surface area is 111 Å². The lowest BCUT2D eigenvalue weighted by Crippen LogP contribution is -2.05. The van der Waals surface area contributed by atoms with Gasteiger partial charge in [-0.25, -0.2) is 10.3 Å². The SMILES string of the molecule is CCOC(=O)c1cccc(-c2ccccc2)c1N=N. The molecular formula is C15H14N2O2. The molecule has 4 heteroatoms. The summed E-state index contributed by atoms with van der Waals surface area (Å²) >= 11 is 0. The second kappa shape index (κ2) is 5.91. The quantitative estimate of drug-likeness (QED) is 0.656. The fourth-order valence-corrected chi connectivity index (χ4v) is 1.89. The van der Waals surface area contributed by atoms with E-state index in [9.17, 15) is 4.79 Å². The van der Waals surface area contributed by atoms with Crippen LogP contribution in [0.25, 0.3) is 11.1 Å². The Bertz CT molecular complexity index is 594. The summed E-state index contributed by atoms with van der Waals surface area (Å²) in [5.74, 6) is -0.453. The largest absolute Gasteiger partial charge is 0.462 e. The lowest BCUT2D eigenvalue weighted by Gasteiger charge is -2.09. The fourth-order valence-electron chi connectivity index (χ4n) is 1.89. The van der Waals surface area contributed by atoms with Crippen molar-refractivity contribution in [3.63, 3.8) is 0 Å². The molecule has 0 fully saturated rings. The summed E-state index contributed by atoms with van der Waals surface area (Å²) in [6.45, 7) is 2.04. The molecule has 0 aliphatic heterocycles. The average Bonchev–Trinajstić information content (AvgIpc) is 2.47.